The molecule has 6 nitrogen and oxygen atoms in total. The first-order valence-electron chi connectivity index (χ1n) is 6.34. The molecule has 2 heterocycles. The maximum absolute atomic E-state index is 12.0. The zero-order valence-electron chi connectivity index (χ0n) is 11.5. The summed E-state index contributed by atoms with van der Waals surface area (Å²) in [5, 5.41) is 14.4. The number of furan rings is 1. The summed E-state index contributed by atoms with van der Waals surface area (Å²) in [7, 11) is 0. The Hall–Kier alpha value is -1.80. The molecule has 0 aliphatic rings. The van der Waals surface area contributed by atoms with E-state index in [2.05, 4.69) is 27.4 Å². The van der Waals surface area contributed by atoms with Crippen LogP contribution in [-0.4, -0.2) is 27.9 Å². The molecule has 0 aliphatic carbocycles. The fourth-order valence-electron chi connectivity index (χ4n) is 1.42. The number of nitrogens with one attached hydrogen (secondary N) is 2. The molecule has 2 N–H and O–H groups in total. The first kappa shape index (κ1) is 15.6. The van der Waals surface area contributed by atoms with Crippen LogP contribution in [0.25, 0.3) is 0 Å². The van der Waals surface area contributed by atoms with Gasteiger partial charge >= 0.3 is 0 Å². The number of anilines is 1. The van der Waals surface area contributed by atoms with Crippen LogP contribution < -0.4 is 10.6 Å². The molecule has 21 heavy (non-hydrogen) atoms. The summed E-state index contributed by atoms with van der Waals surface area (Å²) in [5.41, 5.74) is 0. The van der Waals surface area contributed by atoms with Gasteiger partial charge in [0.05, 0.1) is 18.1 Å². The molecule has 0 saturated heterocycles. The monoisotopic (exact) mass is 324 g/mol. The molecule has 0 bridgehead atoms. The summed E-state index contributed by atoms with van der Waals surface area (Å²) in [6.45, 7) is 6.48. The molecule has 0 radical (unpaired) electrons. The third-order valence-corrected chi connectivity index (χ3v) is 4.53. The molecule has 112 valence electrons. The zero-order valence-corrected chi connectivity index (χ0v) is 13.2. The molecule has 0 fully saturated rings. The van der Waals surface area contributed by atoms with E-state index >= 15 is 0 Å². The summed E-state index contributed by atoms with van der Waals surface area (Å²) < 4.78 is 5.92. The van der Waals surface area contributed by atoms with E-state index in [9.17, 15) is 4.79 Å². The van der Waals surface area contributed by atoms with Gasteiger partial charge in [0.25, 0.3) is 0 Å². The van der Waals surface area contributed by atoms with Crippen molar-refractivity contribution < 1.29 is 9.21 Å². The van der Waals surface area contributed by atoms with Gasteiger partial charge in [0, 0.05) is 6.54 Å². The highest BCUT2D eigenvalue weighted by Crippen LogP contribution is 2.28. The summed E-state index contributed by atoms with van der Waals surface area (Å²) in [6, 6.07) is 3.61. The Bertz CT molecular complexity index is 583. The fourth-order valence-corrected chi connectivity index (χ4v) is 3.35. The molecule has 2 rings (SSSR count). The number of amides is 1. The highest BCUT2D eigenvalue weighted by molar-refractivity contribution is 8.02. The highest BCUT2D eigenvalue weighted by atomic mass is 32.2. The normalized spacial score (nSPS) is 11.9. The van der Waals surface area contributed by atoms with Gasteiger partial charge in [0.2, 0.25) is 11.0 Å². The summed E-state index contributed by atoms with van der Waals surface area (Å²) in [6.07, 6.45) is 3.33. The van der Waals surface area contributed by atoms with E-state index in [4.69, 9.17) is 4.42 Å². The molecule has 0 saturated carbocycles. The van der Waals surface area contributed by atoms with Crippen LogP contribution in [0.2, 0.25) is 0 Å². The summed E-state index contributed by atoms with van der Waals surface area (Å²) >= 11 is 2.80. The van der Waals surface area contributed by atoms with Crippen LogP contribution in [0.1, 0.15) is 12.7 Å². The van der Waals surface area contributed by atoms with E-state index in [1.165, 1.54) is 23.1 Å². The first-order valence-corrected chi connectivity index (χ1v) is 8.03. The maximum Gasteiger partial charge on any atom is 0.233 e. The van der Waals surface area contributed by atoms with Crippen molar-refractivity contribution in [3.05, 3.63) is 36.8 Å². The predicted molar refractivity (Wildman–Crippen MR) is 84.5 cm³/mol. The lowest BCUT2D eigenvalue weighted by molar-refractivity contribution is -0.120. The van der Waals surface area contributed by atoms with E-state index < -0.39 is 0 Å². The van der Waals surface area contributed by atoms with Gasteiger partial charge in [-0.2, -0.15) is 0 Å². The number of aromatic nitrogens is 2. The van der Waals surface area contributed by atoms with Crippen LogP contribution >= 0.6 is 23.1 Å². The first-order chi connectivity index (χ1) is 10.2. The van der Waals surface area contributed by atoms with Crippen LogP contribution in [0.4, 0.5) is 5.13 Å². The van der Waals surface area contributed by atoms with Gasteiger partial charge in [-0.25, -0.2) is 0 Å². The molecule has 1 amide bonds. The molecular formula is C13H16N4O2S2. The van der Waals surface area contributed by atoms with Gasteiger partial charge < -0.3 is 15.1 Å². The number of nitrogens with zero attached hydrogens (tertiary/aromatic N) is 2. The lowest BCUT2D eigenvalue weighted by Gasteiger charge is -2.08. The average Bonchev–Trinajstić information content (AvgIpc) is 3.14. The minimum atomic E-state index is -0.250. The number of hydrogen-bond donors (Lipinski definition) is 2. The van der Waals surface area contributed by atoms with Crippen LogP contribution in [-0.2, 0) is 11.3 Å². The van der Waals surface area contributed by atoms with Crippen molar-refractivity contribution in [2.45, 2.75) is 23.1 Å². The third kappa shape index (κ3) is 4.91. The van der Waals surface area contributed by atoms with Crippen molar-refractivity contribution in [3.8, 4) is 0 Å². The number of carbonyl (C=O) groups is 1. The Balaban J connectivity index is 1.79. The molecule has 0 unspecified atom stereocenters. The quantitative estimate of drug-likeness (QED) is 0.574. The lowest BCUT2D eigenvalue weighted by atomic mass is 10.4. The summed E-state index contributed by atoms with van der Waals surface area (Å²) in [5.74, 6) is 0.666. The average molecular weight is 324 g/mol. The Labute approximate surface area is 131 Å². The second-order valence-electron chi connectivity index (χ2n) is 4.10. The molecule has 2 aromatic heterocycles. The number of rotatable bonds is 8. The predicted octanol–water partition coefficient (Wildman–Crippen LogP) is 2.53. The van der Waals surface area contributed by atoms with Crippen LogP contribution in [0.5, 0.6) is 0 Å². The number of hydrogen-bond acceptors (Lipinski definition) is 7. The van der Waals surface area contributed by atoms with E-state index in [0.717, 1.165) is 15.2 Å². The topological polar surface area (TPSA) is 80.0 Å². The van der Waals surface area contributed by atoms with Crippen molar-refractivity contribution >= 4 is 34.1 Å². The molecule has 8 heteroatoms. The van der Waals surface area contributed by atoms with Crippen molar-refractivity contribution in [1.29, 1.82) is 0 Å². The maximum atomic E-state index is 12.0. The van der Waals surface area contributed by atoms with Gasteiger partial charge in [-0.3, -0.25) is 4.79 Å². The Kier molecular flexibility index (Phi) is 5.82. The van der Waals surface area contributed by atoms with Gasteiger partial charge in [-0.1, -0.05) is 29.2 Å². The van der Waals surface area contributed by atoms with E-state index in [1.807, 2.05) is 13.0 Å². The zero-order chi connectivity index (χ0) is 15.1. The van der Waals surface area contributed by atoms with Crippen molar-refractivity contribution in [3.63, 3.8) is 0 Å². The smallest absolute Gasteiger partial charge is 0.233 e. The Morgan fingerprint density at radius 3 is 3.19 bits per heavy atom. The van der Waals surface area contributed by atoms with Gasteiger partial charge in [0.15, 0.2) is 4.34 Å². The van der Waals surface area contributed by atoms with E-state index in [1.54, 1.807) is 18.4 Å². The number of carbonyl (C=O) groups excluding carboxylic acids is 1. The Morgan fingerprint density at radius 1 is 1.62 bits per heavy atom. The van der Waals surface area contributed by atoms with Crippen LogP contribution in [0, 0.1) is 0 Å². The van der Waals surface area contributed by atoms with Crippen molar-refractivity contribution in [1.82, 2.24) is 15.5 Å². The van der Waals surface area contributed by atoms with Gasteiger partial charge in [-0.05, 0) is 19.1 Å². The number of thioether (sulfide) groups is 1. The standard InChI is InChI=1S/C13H16N4O2S2/c1-3-6-14-12-16-17-13(21-12)20-9(2)11(18)15-8-10-5-4-7-19-10/h3-5,7,9H,1,6,8H2,2H3,(H,14,16)(H,15,18)/t9-/m1/s1. The van der Waals surface area contributed by atoms with Gasteiger partial charge in [-0.15, -0.1) is 16.8 Å². The second kappa shape index (κ2) is 7.84. The molecule has 2 aromatic rings. The lowest BCUT2D eigenvalue weighted by Crippen LogP contribution is -2.30. The highest BCUT2D eigenvalue weighted by Gasteiger charge is 2.17. The molecule has 1 atom stereocenters. The third-order valence-electron chi connectivity index (χ3n) is 2.47. The molecule has 0 aliphatic heterocycles. The Morgan fingerprint density at radius 2 is 2.48 bits per heavy atom. The minimum absolute atomic E-state index is 0.0628. The van der Waals surface area contributed by atoms with E-state index in [-0.39, 0.29) is 11.2 Å². The molecule has 0 aromatic carbocycles. The van der Waals surface area contributed by atoms with Crippen molar-refractivity contribution in [2.75, 3.05) is 11.9 Å². The van der Waals surface area contributed by atoms with E-state index in [0.29, 0.717) is 13.1 Å². The van der Waals surface area contributed by atoms with Gasteiger partial charge in [0.1, 0.15) is 5.76 Å². The second-order valence-corrected chi connectivity index (χ2v) is 6.67. The van der Waals surface area contributed by atoms with Crippen LogP contribution in [0.15, 0.2) is 39.8 Å². The summed E-state index contributed by atoms with van der Waals surface area (Å²) in [4.78, 5) is 12.0. The molecular weight excluding hydrogens is 308 g/mol. The molecule has 0 spiro atoms. The van der Waals surface area contributed by atoms with Crippen LogP contribution in [0.3, 0.4) is 0 Å². The fraction of sp³-hybridized carbons (Fsp3) is 0.308. The van der Waals surface area contributed by atoms with Crippen molar-refractivity contribution in [2.24, 2.45) is 0 Å². The largest absolute Gasteiger partial charge is 0.467 e. The minimum Gasteiger partial charge on any atom is -0.467 e. The SMILES string of the molecule is C=CCNc1nnc(S[C@H](C)C(=O)NCc2ccco2)s1.